The predicted molar refractivity (Wildman–Crippen MR) is 100 cm³/mol. The van der Waals surface area contributed by atoms with Gasteiger partial charge >= 0.3 is 0 Å². The summed E-state index contributed by atoms with van der Waals surface area (Å²) < 4.78 is 5.78. The standard InChI is InChI=1S/C20H29N3O3/c1-15(21)20(25)23-12-10-22(11-13-23)9-2-14-26-18-7-5-17(6-8-18)19(24)16-3-4-16/h5-8,15-16H,2-4,9-14,21H2,1H3. The molecule has 1 amide bonds. The topological polar surface area (TPSA) is 75.9 Å². The minimum Gasteiger partial charge on any atom is -0.494 e. The van der Waals surface area contributed by atoms with Crippen LogP contribution in [0.1, 0.15) is 36.5 Å². The van der Waals surface area contributed by atoms with Crippen molar-refractivity contribution in [2.45, 2.75) is 32.2 Å². The number of carbonyl (C=O) groups excluding carboxylic acids is 2. The zero-order chi connectivity index (χ0) is 18.5. The Morgan fingerprint density at radius 3 is 2.38 bits per heavy atom. The van der Waals surface area contributed by atoms with Gasteiger partial charge in [0.05, 0.1) is 12.6 Å². The maximum Gasteiger partial charge on any atom is 0.239 e. The first-order valence-corrected chi connectivity index (χ1v) is 9.58. The number of amides is 1. The summed E-state index contributed by atoms with van der Waals surface area (Å²) in [6, 6.07) is 7.08. The highest BCUT2D eigenvalue weighted by Gasteiger charge is 2.30. The summed E-state index contributed by atoms with van der Waals surface area (Å²) in [7, 11) is 0. The Balaban J connectivity index is 1.32. The van der Waals surface area contributed by atoms with E-state index in [-0.39, 0.29) is 17.6 Å². The summed E-state index contributed by atoms with van der Waals surface area (Å²) in [4.78, 5) is 28.1. The monoisotopic (exact) mass is 359 g/mol. The molecular formula is C20H29N3O3. The minimum atomic E-state index is -0.416. The molecule has 1 saturated heterocycles. The van der Waals surface area contributed by atoms with Gasteiger partial charge in [0.25, 0.3) is 0 Å². The molecule has 1 aromatic carbocycles. The van der Waals surface area contributed by atoms with E-state index in [4.69, 9.17) is 10.5 Å². The number of rotatable bonds is 8. The first kappa shape index (κ1) is 18.9. The molecular weight excluding hydrogens is 330 g/mol. The Hall–Kier alpha value is -1.92. The van der Waals surface area contributed by atoms with Crippen molar-refractivity contribution in [3.63, 3.8) is 0 Å². The molecule has 2 fully saturated rings. The van der Waals surface area contributed by atoms with Gasteiger partial charge in [-0.05, 0) is 50.5 Å². The molecule has 0 bridgehead atoms. The molecule has 1 atom stereocenters. The van der Waals surface area contributed by atoms with E-state index >= 15 is 0 Å². The van der Waals surface area contributed by atoms with E-state index in [0.29, 0.717) is 6.61 Å². The zero-order valence-corrected chi connectivity index (χ0v) is 15.5. The molecule has 3 rings (SSSR count). The highest BCUT2D eigenvalue weighted by molar-refractivity contribution is 5.99. The third-order valence-electron chi connectivity index (χ3n) is 5.05. The molecule has 1 aliphatic carbocycles. The van der Waals surface area contributed by atoms with E-state index < -0.39 is 6.04 Å². The number of carbonyl (C=O) groups is 2. The van der Waals surface area contributed by atoms with Gasteiger partial charge in [-0.2, -0.15) is 0 Å². The van der Waals surface area contributed by atoms with Crippen LogP contribution in [0.3, 0.4) is 0 Å². The fraction of sp³-hybridized carbons (Fsp3) is 0.600. The van der Waals surface area contributed by atoms with E-state index in [1.54, 1.807) is 6.92 Å². The smallest absolute Gasteiger partial charge is 0.239 e. The zero-order valence-electron chi connectivity index (χ0n) is 15.5. The summed E-state index contributed by atoms with van der Waals surface area (Å²) in [5.74, 6) is 1.37. The summed E-state index contributed by atoms with van der Waals surface area (Å²) in [6.07, 6.45) is 3.00. The van der Waals surface area contributed by atoms with Crippen molar-refractivity contribution in [2.24, 2.45) is 11.7 Å². The highest BCUT2D eigenvalue weighted by Crippen LogP contribution is 2.32. The second kappa shape index (κ2) is 8.64. The molecule has 2 N–H and O–H groups in total. The van der Waals surface area contributed by atoms with Gasteiger partial charge in [0.15, 0.2) is 5.78 Å². The van der Waals surface area contributed by atoms with E-state index in [9.17, 15) is 9.59 Å². The Bertz CT molecular complexity index is 618. The lowest BCUT2D eigenvalue weighted by molar-refractivity contribution is -0.133. The number of ketones is 1. The number of benzene rings is 1. The summed E-state index contributed by atoms with van der Waals surface area (Å²) in [5, 5.41) is 0. The maximum atomic E-state index is 12.0. The number of ether oxygens (including phenoxy) is 1. The van der Waals surface area contributed by atoms with Gasteiger partial charge in [-0.3, -0.25) is 14.5 Å². The van der Waals surface area contributed by atoms with Crippen molar-refractivity contribution in [2.75, 3.05) is 39.3 Å². The Morgan fingerprint density at radius 2 is 1.81 bits per heavy atom. The Labute approximate surface area is 155 Å². The summed E-state index contributed by atoms with van der Waals surface area (Å²) >= 11 is 0. The van der Waals surface area contributed by atoms with Crippen molar-refractivity contribution in [3.8, 4) is 5.75 Å². The highest BCUT2D eigenvalue weighted by atomic mass is 16.5. The molecule has 6 heteroatoms. The first-order chi connectivity index (χ1) is 12.5. The quantitative estimate of drug-likeness (QED) is 0.563. The molecule has 0 spiro atoms. The molecule has 0 radical (unpaired) electrons. The normalized spacial score (nSPS) is 19.2. The van der Waals surface area contributed by atoms with Gasteiger partial charge in [-0.15, -0.1) is 0 Å². The van der Waals surface area contributed by atoms with Crippen molar-refractivity contribution >= 4 is 11.7 Å². The van der Waals surface area contributed by atoms with Crippen molar-refractivity contribution in [1.82, 2.24) is 9.80 Å². The van der Waals surface area contributed by atoms with E-state index in [1.807, 2.05) is 29.2 Å². The molecule has 142 valence electrons. The SMILES string of the molecule is CC(N)C(=O)N1CCN(CCCOc2ccc(C(=O)C3CC3)cc2)CC1. The molecule has 2 aliphatic rings. The van der Waals surface area contributed by atoms with E-state index in [0.717, 1.165) is 63.3 Å². The Kier molecular flexibility index (Phi) is 6.27. The van der Waals surface area contributed by atoms with Gasteiger partial charge in [0.1, 0.15) is 5.75 Å². The van der Waals surface area contributed by atoms with Crippen LogP contribution in [0.4, 0.5) is 0 Å². The fourth-order valence-electron chi connectivity index (χ4n) is 3.25. The van der Waals surface area contributed by atoms with Crippen LogP contribution in [0.2, 0.25) is 0 Å². The predicted octanol–water partition coefficient (Wildman–Crippen LogP) is 1.54. The number of Topliss-reactive ketones (excluding diaryl/α,β-unsaturated/α-hetero) is 1. The van der Waals surface area contributed by atoms with Crippen LogP contribution in [0, 0.1) is 5.92 Å². The fourth-order valence-corrected chi connectivity index (χ4v) is 3.25. The lowest BCUT2D eigenvalue weighted by Crippen LogP contribution is -2.52. The molecule has 6 nitrogen and oxygen atoms in total. The molecule has 1 aliphatic heterocycles. The first-order valence-electron chi connectivity index (χ1n) is 9.58. The largest absolute Gasteiger partial charge is 0.494 e. The lowest BCUT2D eigenvalue weighted by atomic mass is 10.1. The van der Waals surface area contributed by atoms with Gasteiger partial charge in [0, 0.05) is 44.2 Å². The Morgan fingerprint density at radius 1 is 1.15 bits per heavy atom. The second-order valence-electron chi connectivity index (χ2n) is 7.32. The molecule has 1 saturated carbocycles. The molecule has 1 aromatic rings. The van der Waals surface area contributed by atoms with Gasteiger partial charge < -0.3 is 15.4 Å². The van der Waals surface area contributed by atoms with E-state index in [1.165, 1.54) is 0 Å². The number of hydrogen-bond acceptors (Lipinski definition) is 5. The van der Waals surface area contributed by atoms with Gasteiger partial charge in [-0.25, -0.2) is 0 Å². The van der Waals surface area contributed by atoms with Crippen LogP contribution in [-0.2, 0) is 4.79 Å². The van der Waals surface area contributed by atoms with Crippen LogP contribution < -0.4 is 10.5 Å². The van der Waals surface area contributed by atoms with Crippen LogP contribution in [0.5, 0.6) is 5.75 Å². The lowest BCUT2D eigenvalue weighted by Gasteiger charge is -2.35. The van der Waals surface area contributed by atoms with Crippen molar-refractivity contribution < 1.29 is 14.3 Å². The van der Waals surface area contributed by atoms with Crippen LogP contribution in [0.15, 0.2) is 24.3 Å². The number of nitrogens with two attached hydrogens (primary N) is 1. The van der Waals surface area contributed by atoms with E-state index in [2.05, 4.69) is 4.90 Å². The average molecular weight is 359 g/mol. The van der Waals surface area contributed by atoms with Crippen LogP contribution in [-0.4, -0.2) is 66.9 Å². The summed E-state index contributed by atoms with van der Waals surface area (Å²) in [6.45, 7) is 6.61. The summed E-state index contributed by atoms with van der Waals surface area (Å²) in [5.41, 5.74) is 6.45. The third kappa shape index (κ3) is 5.05. The van der Waals surface area contributed by atoms with Gasteiger partial charge in [0.2, 0.25) is 5.91 Å². The van der Waals surface area contributed by atoms with Crippen molar-refractivity contribution in [3.05, 3.63) is 29.8 Å². The van der Waals surface area contributed by atoms with Gasteiger partial charge in [-0.1, -0.05) is 0 Å². The molecule has 26 heavy (non-hydrogen) atoms. The third-order valence-corrected chi connectivity index (χ3v) is 5.05. The maximum absolute atomic E-state index is 12.0. The number of hydrogen-bond donors (Lipinski definition) is 1. The average Bonchev–Trinajstić information content (AvgIpc) is 3.50. The number of nitrogens with zero attached hydrogens (tertiary/aromatic N) is 2. The minimum absolute atomic E-state index is 0.0385. The molecule has 1 unspecified atom stereocenters. The second-order valence-corrected chi connectivity index (χ2v) is 7.32. The van der Waals surface area contributed by atoms with Crippen LogP contribution in [0.25, 0.3) is 0 Å². The number of piperazine rings is 1. The van der Waals surface area contributed by atoms with Crippen molar-refractivity contribution in [1.29, 1.82) is 0 Å². The molecule has 0 aromatic heterocycles. The van der Waals surface area contributed by atoms with Crippen LogP contribution >= 0.6 is 0 Å². The molecule has 1 heterocycles.